The molecule has 0 aliphatic carbocycles. The van der Waals surface area contributed by atoms with Crippen LogP contribution in [-0.2, 0) is 24.2 Å². The summed E-state index contributed by atoms with van der Waals surface area (Å²) in [6, 6.07) is 13.1. The second kappa shape index (κ2) is 11.4. The number of aryl methyl sites for hydroxylation is 2. The van der Waals surface area contributed by atoms with Crippen LogP contribution in [-0.4, -0.2) is 66.2 Å². The van der Waals surface area contributed by atoms with Crippen molar-refractivity contribution in [1.82, 2.24) is 14.7 Å². The smallest absolute Gasteiger partial charge is 0.410 e. The number of hydrogen-bond acceptors (Lipinski definition) is 5. The number of benzene rings is 2. The third kappa shape index (κ3) is 6.02. The average molecular weight is 504 g/mol. The molecule has 2 heterocycles. The number of carbonyl (C=O) groups excluding carboxylic acids is 1. The topological polar surface area (TPSA) is 45.2 Å². The lowest BCUT2D eigenvalue weighted by atomic mass is 9.93. The first-order valence-electron chi connectivity index (χ1n) is 13.2. The predicted octanol–water partition coefficient (Wildman–Crippen LogP) is 5.64. The monoisotopic (exact) mass is 503 g/mol. The van der Waals surface area contributed by atoms with E-state index in [1.54, 1.807) is 18.1 Å². The van der Waals surface area contributed by atoms with Gasteiger partial charge in [0.25, 0.3) is 0 Å². The number of carbonyl (C=O) groups is 1. The van der Waals surface area contributed by atoms with Crippen LogP contribution >= 0.6 is 0 Å². The molecule has 4 rings (SSSR count). The van der Waals surface area contributed by atoms with Gasteiger partial charge in [-0.05, 0) is 61.9 Å². The van der Waals surface area contributed by atoms with Gasteiger partial charge in [-0.3, -0.25) is 4.90 Å². The Hall–Kier alpha value is -3.25. The Labute approximate surface area is 222 Å². The number of rotatable bonds is 9. The lowest BCUT2D eigenvalue weighted by molar-refractivity contribution is 0.0949. The van der Waals surface area contributed by atoms with Crippen molar-refractivity contribution in [2.24, 2.45) is 0 Å². The summed E-state index contributed by atoms with van der Waals surface area (Å²) in [5, 5.41) is 0. The maximum absolute atomic E-state index is 12.2. The lowest BCUT2D eigenvalue weighted by Gasteiger charge is -2.37. The fourth-order valence-electron chi connectivity index (χ4n) is 5.30. The highest BCUT2D eigenvalue weighted by Crippen LogP contribution is 2.36. The molecule has 6 heteroatoms. The summed E-state index contributed by atoms with van der Waals surface area (Å²) in [6.45, 7) is 19.7. The molecule has 1 amide bonds. The molecule has 0 N–H and O–H groups in total. The first-order valence-corrected chi connectivity index (χ1v) is 13.2. The van der Waals surface area contributed by atoms with E-state index in [1.165, 1.54) is 27.8 Å². The molecule has 2 aliphatic rings. The summed E-state index contributed by atoms with van der Waals surface area (Å²) < 4.78 is 10.7. The molecule has 2 aliphatic heterocycles. The number of fused-ring (bicyclic) bond motifs is 1. The van der Waals surface area contributed by atoms with Crippen molar-refractivity contribution >= 4 is 11.8 Å². The van der Waals surface area contributed by atoms with Gasteiger partial charge in [0, 0.05) is 56.1 Å². The van der Waals surface area contributed by atoms with E-state index in [9.17, 15) is 4.79 Å². The van der Waals surface area contributed by atoms with E-state index in [0.717, 1.165) is 50.5 Å². The van der Waals surface area contributed by atoms with Gasteiger partial charge < -0.3 is 19.3 Å². The molecule has 198 valence electrons. The van der Waals surface area contributed by atoms with Gasteiger partial charge in [-0.1, -0.05) is 49.6 Å². The SMILES string of the molecule is C=CCOC(=O)N1CCN(C(=C)c2cccc3c2CN(C(C)(C)CCc2ccc(C)c(OC)c2)C3)CC1. The fraction of sp³-hybridized carbons (Fsp3) is 0.452. The first kappa shape index (κ1) is 26.8. The van der Waals surface area contributed by atoms with E-state index in [-0.39, 0.29) is 18.2 Å². The van der Waals surface area contributed by atoms with Gasteiger partial charge in [0.1, 0.15) is 12.4 Å². The normalized spacial score (nSPS) is 15.9. The second-order valence-electron chi connectivity index (χ2n) is 10.7. The zero-order valence-electron chi connectivity index (χ0n) is 22.9. The van der Waals surface area contributed by atoms with Crippen molar-refractivity contribution in [2.75, 3.05) is 39.9 Å². The molecule has 37 heavy (non-hydrogen) atoms. The highest BCUT2D eigenvalue weighted by molar-refractivity contribution is 5.69. The summed E-state index contributed by atoms with van der Waals surface area (Å²) in [4.78, 5) is 18.8. The zero-order chi connectivity index (χ0) is 26.6. The molecule has 6 nitrogen and oxygen atoms in total. The highest BCUT2D eigenvalue weighted by atomic mass is 16.6. The van der Waals surface area contributed by atoms with Gasteiger partial charge in [-0.2, -0.15) is 0 Å². The highest BCUT2D eigenvalue weighted by Gasteiger charge is 2.33. The van der Waals surface area contributed by atoms with Crippen LogP contribution in [0.1, 0.15) is 48.1 Å². The number of ether oxygens (including phenoxy) is 2. The summed E-state index contributed by atoms with van der Waals surface area (Å²) >= 11 is 0. The fourth-order valence-corrected chi connectivity index (χ4v) is 5.30. The maximum Gasteiger partial charge on any atom is 0.410 e. The van der Waals surface area contributed by atoms with Gasteiger partial charge in [-0.25, -0.2) is 4.79 Å². The van der Waals surface area contributed by atoms with Crippen LogP contribution in [0.3, 0.4) is 0 Å². The second-order valence-corrected chi connectivity index (χ2v) is 10.7. The van der Waals surface area contributed by atoms with E-state index in [4.69, 9.17) is 9.47 Å². The third-order valence-electron chi connectivity index (χ3n) is 7.89. The molecule has 1 fully saturated rings. The van der Waals surface area contributed by atoms with Gasteiger partial charge in [0.05, 0.1) is 7.11 Å². The number of nitrogens with zero attached hydrogens (tertiary/aromatic N) is 3. The number of hydrogen-bond donors (Lipinski definition) is 0. The van der Waals surface area contributed by atoms with Crippen molar-refractivity contribution in [3.63, 3.8) is 0 Å². The van der Waals surface area contributed by atoms with Crippen LogP contribution in [0.4, 0.5) is 4.79 Å². The van der Waals surface area contributed by atoms with Gasteiger partial charge in [0.15, 0.2) is 0 Å². The van der Waals surface area contributed by atoms with Crippen LogP contribution in [0.5, 0.6) is 5.75 Å². The Balaban J connectivity index is 1.39. The molecule has 1 saturated heterocycles. The molecule has 2 aromatic carbocycles. The van der Waals surface area contributed by atoms with Crippen LogP contribution in [0.15, 0.2) is 55.6 Å². The Morgan fingerprint density at radius 3 is 2.51 bits per heavy atom. The molecule has 0 unspecified atom stereocenters. The zero-order valence-corrected chi connectivity index (χ0v) is 22.9. The summed E-state index contributed by atoms with van der Waals surface area (Å²) in [5.41, 5.74) is 7.56. The predicted molar refractivity (Wildman–Crippen MR) is 150 cm³/mol. The lowest BCUT2D eigenvalue weighted by Crippen LogP contribution is -2.48. The quantitative estimate of drug-likeness (QED) is 0.414. The molecule has 2 aromatic rings. The van der Waals surface area contributed by atoms with Gasteiger partial charge in [-0.15, -0.1) is 0 Å². The minimum atomic E-state index is -0.271. The Kier molecular flexibility index (Phi) is 8.28. The molecule has 0 bridgehead atoms. The Bertz CT molecular complexity index is 1150. The first-order chi connectivity index (χ1) is 17.7. The largest absolute Gasteiger partial charge is 0.496 e. The molecule has 0 atom stereocenters. The van der Waals surface area contributed by atoms with E-state index in [1.807, 2.05) is 0 Å². The van der Waals surface area contributed by atoms with E-state index < -0.39 is 0 Å². The van der Waals surface area contributed by atoms with Crippen molar-refractivity contribution in [1.29, 1.82) is 0 Å². The van der Waals surface area contributed by atoms with Gasteiger partial charge >= 0.3 is 6.09 Å². The van der Waals surface area contributed by atoms with E-state index in [0.29, 0.717) is 13.1 Å². The Morgan fingerprint density at radius 1 is 1.08 bits per heavy atom. The number of piperazine rings is 1. The molecule has 0 radical (unpaired) electrons. The van der Waals surface area contributed by atoms with Crippen LogP contribution < -0.4 is 4.74 Å². The van der Waals surface area contributed by atoms with Crippen molar-refractivity contribution in [3.8, 4) is 5.75 Å². The maximum atomic E-state index is 12.2. The molecule has 0 aromatic heterocycles. The van der Waals surface area contributed by atoms with Crippen molar-refractivity contribution in [2.45, 2.75) is 52.2 Å². The summed E-state index contributed by atoms with van der Waals surface area (Å²) in [7, 11) is 1.74. The standard InChI is InChI=1S/C31H41N3O3/c1-7-19-37-30(35)33-17-15-32(16-18-33)24(3)27-10-8-9-26-21-34(22-28(26)27)31(4,5)14-13-25-12-11-23(2)29(20-25)36-6/h7-12,20H,1,3,13-19,21-22H2,2,4-6H3. The van der Waals surface area contributed by atoms with Crippen LogP contribution in [0.25, 0.3) is 5.70 Å². The average Bonchev–Trinajstić information content (AvgIpc) is 3.37. The Morgan fingerprint density at radius 2 is 1.81 bits per heavy atom. The minimum Gasteiger partial charge on any atom is -0.496 e. The number of methoxy groups -OCH3 is 1. The summed E-state index contributed by atoms with van der Waals surface area (Å²) in [5.74, 6) is 0.960. The van der Waals surface area contributed by atoms with E-state index in [2.05, 4.69) is 80.1 Å². The van der Waals surface area contributed by atoms with Crippen molar-refractivity contribution in [3.05, 3.63) is 83.4 Å². The van der Waals surface area contributed by atoms with Crippen LogP contribution in [0, 0.1) is 6.92 Å². The third-order valence-corrected chi connectivity index (χ3v) is 7.89. The molecular weight excluding hydrogens is 462 g/mol. The van der Waals surface area contributed by atoms with Gasteiger partial charge in [0.2, 0.25) is 0 Å². The summed E-state index contributed by atoms with van der Waals surface area (Å²) in [6.07, 6.45) is 3.40. The van der Waals surface area contributed by atoms with E-state index >= 15 is 0 Å². The van der Waals surface area contributed by atoms with Crippen LogP contribution in [0.2, 0.25) is 0 Å². The molecular formula is C31H41N3O3. The minimum absolute atomic E-state index is 0.0488. The number of amides is 1. The van der Waals surface area contributed by atoms with Crippen molar-refractivity contribution < 1.29 is 14.3 Å². The molecule has 0 saturated carbocycles. The molecule has 0 spiro atoms.